The molecule has 0 saturated carbocycles. The highest BCUT2D eigenvalue weighted by Crippen LogP contribution is 2.10. The number of carbonyl (C=O) groups excluding carboxylic acids is 1. The van der Waals surface area contributed by atoms with Crippen LogP contribution in [0.15, 0.2) is 12.2 Å². The van der Waals surface area contributed by atoms with E-state index in [0.29, 0.717) is 6.54 Å². The number of hydrogen-bond acceptors (Lipinski definition) is 3. The first kappa shape index (κ1) is 10.7. The highest BCUT2D eigenvalue weighted by molar-refractivity contribution is 5.93. The Balaban J connectivity index is 2.17. The van der Waals surface area contributed by atoms with E-state index in [-0.39, 0.29) is 6.10 Å². The minimum absolute atomic E-state index is 0.0807. The standard InChI is InChI=1S/C9H13NO4/c11-8(3-4-9(12)13)10-6-7-2-1-5-14-7/h3-4,7H,1-2,5-6H2,(H,10,11)(H,12,13)/b4-3-/t7-/m1/s1. The van der Waals surface area contributed by atoms with Gasteiger partial charge in [0.05, 0.1) is 6.10 Å². The molecule has 0 bridgehead atoms. The second-order valence-electron chi connectivity index (χ2n) is 3.05. The molecule has 2 N–H and O–H groups in total. The van der Waals surface area contributed by atoms with Crippen molar-refractivity contribution in [2.24, 2.45) is 0 Å². The zero-order valence-corrected chi connectivity index (χ0v) is 7.73. The van der Waals surface area contributed by atoms with Crippen molar-refractivity contribution in [2.45, 2.75) is 18.9 Å². The van der Waals surface area contributed by atoms with Gasteiger partial charge in [-0.05, 0) is 12.8 Å². The monoisotopic (exact) mass is 199 g/mol. The van der Waals surface area contributed by atoms with Gasteiger partial charge in [-0.2, -0.15) is 0 Å². The first-order valence-electron chi connectivity index (χ1n) is 4.49. The summed E-state index contributed by atoms with van der Waals surface area (Å²) in [6, 6.07) is 0. The topological polar surface area (TPSA) is 75.6 Å². The molecule has 1 atom stereocenters. The number of nitrogens with one attached hydrogen (secondary N) is 1. The first-order valence-corrected chi connectivity index (χ1v) is 4.49. The van der Waals surface area contributed by atoms with Crippen LogP contribution in [0.4, 0.5) is 0 Å². The highest BCUT2D eigenvalue weighted by atomic mass is 16.5. The summed E-state index contributed by atoms with van der Waals surface area (Å²) in [6.45, 7) is 1.19. The maximum atomic E-state index is 11.0. The third kappa shape index (κ3) is 4.04. The zero-order valence-electron chi connectivity index (χ0n) is 7.73. The molecule has 1 aliphatic heterocycles. The normalized spacial score (nSPS) is 21.3. The van der Waals surface area contributed by atoms with Crippen LogP contribution in [0.25, 0.3) is 0 Å². The maximum Gasteiger partial charge on any atom is 0.328 e. The lowest BCUT2D eigenvalue weighted by atomic mass is 10.2. The fourth-order valence-electron chi connectivity index (χ4n) is 1.23. The van der Waals surface area contributed by atoms with Gasteiger partial charge in [-0.25, -0.2) is 4.79 Å². The second kappa shape index (κ2) is 5.39. The van der Waals surface area contributed by atoms with Crippen LogP contribution in [-0.2, 0) is 14.3 Å². The van der Waals surface area contributed by atoms with E-state index in [1.807, 2.05) is 0 Å². The quantitative estimate of drug-likeness (QED) is 0.621. The number of carbonyl (C=O) groups is 2. The van der Waals surface area contributed by atoms with Crippen LogP contribution >= 0.6 is 0 Å². The van der Waals surface area contributed by atoms with Gasteiger partial charge in [0, 0.05) is 25.3 Å². The predicted molar refractivity (Wildman–Crippen MR) is 48.8 cm³/mol. The molecule has 1 aliphatic rings. The van der Waals surface area contributed by atoms with Crippen LogP contribution in [-0.4, -0.2) is 36.2 Å². The van der Waals surface area contributed by atoms with Crippen molar-refractivity contribution >= 4 is 11.9 Å². The summed E-state index contributed by atoms with van der Waals surface area (Å²) in [4.78, 5) is 21.1. The van der Waals surface area contributed by atoms with Gasteiger partial charge in [0.2, 0.25) is 5.91 Å². The molecule has 0 aromatic heterocycles. The van der Waals surface area contributed by atoms with Crippen molar-refractivity contribution in [3.8, 4) is 0 Å². The fraction of sp³-hybridized carbons (Fsp3) is 0.556. The van der Waals surface area contributed by atoms with Crippen LogP contribution in [0.1, 0.15) is 12.8 Å². The van der Waals surface area contributed by atoms with Crippen molar-refractivity contribution in [2.75, 3.05) is 13.2 Å². The van der Waals surface area contributed by atoms with E-state index in [0.717, 1.165) is 31.6 Å². The van der Waals surface area contributed by atoms with Crippen LogP contribution in [0.5, 0.6) is 0 Å². The number of amides is 1. The number of hydrogen-bond donors (Lipinski definition) is 2. The summed E-state index contributed by atoms with van der Waals surface area (Å²) in [5.41, 5.74) is 0. The van der Waals surface area contributed by atoms with E-state index in [4.69, 9.17) is 9.84 Å². The van der Waals surface area contributed by atoms with E-state index >= 15 is 0 Å². The molecule has 1 fully saturated rings. The molecular weight excluding hydrogens is 186 g/mol. The van der Waals surface area contributed by atoms with Crippen LogP contribution < -0.4 is 5.32 Å². The first-order chi connectivity index (χ1) is 6.68. The van der Waals surface area contributed by atoms with Gasteiger partial charge >= 0.3 is 5.97 Å². The fourth-order valence-corrected chi connectivity index (χ4v) is 1.23. The average molecular weight is 199 g/mol. The molecule has 1 amide bonds. The van der Waals surface area contributed by atoms with Gasteiger partial charge in [-0.1, -0.05) is 0 Å². The van der Waals surface area contributed by atoms with Gasteiger partial charge in [-0.3, -0.25) is 4.79 Å². The number of carboxylic acid groups (broad SMARTS) is 1. The smallest absolute Gasteiger partial charge is 0.328 e. The Morgan fingerprint density at radius 2 is 2.29 bits per heavy atom. The summed E-state index contributed by atoms with van der Waals surface area (Å²) in [7, 11) is 0. The molecule has 0 aromatic carbocycles. The van der Waals surface area contributed by atoms with E-state index < -0.39 is 11.9 Å². The predicted octanol–water partition coefficient (Wildman–Crippen LogP) is -0.0776. The SMILES string of the molecule is O=C(O)/C=C\C(=O)NC[C@H]1CCCO1. The van der Waals surface area contributed by atoms with Crippen molar-refractivity contribution < 1.29 is 19.4 Å². The molecule has 1 rings (SSSR count). The number of carboxylic acids is 1. The molecule has 0 aromatic rings. The highest BCUT2D eigenvalue weighted by Gasteiger charge is 2.15. The molecule has 14 heavy (non-hydrogen) atoms. The molecule has 78 valence electrons. The Morgan fingerprint density at radius 1 is 1.50 bits per heavy atom. The zero-order chi connectivity index (χ0) is 10.4. The molecule has 5 heteroatoms. The summed E-state index contributed by atoms with van der Waals surface area (Å²) in [5, 5.41) is 10.8. The van der Waals surface area contributed by atoms with E-state index in [1.165, 1.54) is 0 Å². The third-order valence-corrected chi connectivity index (χ3v) is 1.91. The lowest BCUT2D eigenvalue weighted by Crippen LogP contribution is -2.30. The Kier molecular flexibility index (Phi) is 4.12. The van der Waals surface area contributed by atoms with Crippen molar-refractivity contribution in [1.82, 2.24) is 5.32 Å². The molecule has 0 spiro atoms. The van der Waals surface area contributed by atoms with Gasteiger partial charge in [-0.15, -0.1) is 0 Å². The molecular formula is C9H13NO4. The summed E-state index contributed by atoms with van der Waals surface area (Å²) < 4.78 is 5.27. The van der Waals surface area contributed by atoms with Gasteiger partial charge in [0.25, 0.3) is 0 Å². The van der Waals surface area contributed by atoms with Crippen molar-refractivity contribution in [1.29, 1.82) is 0 Å². The van der Waals surface area contributed by atoms with E-state index in [9.17, 15) is 9.59 Å². The van der Waals surface area contributed by atoms with Gasteiger partial charge in [0.15, 0.2) is 0 Å². The number of aliphatic carboxylic acids is 1. The lowest BCUT2D eigenvalue weighted by molar-refractivity contribution is -0.131. The minimum Gasteiger partial charge on any atom is -0.478 e. The van der Waals surface area contributed by atoms with E-state index in [1.54, 1.807) is 0 Å². The Bertz CT molecular complexity index is 243. The lowest BCUT2D eigenvalue weighted by Gasteiger charge is -2.08. The maximum absolute atomic E-state index is 11.0. The van der Waals surface area contributed by atoms with Gasteiger partial charge < -0.3 is 15.2 Å². The molecule has 5 nitrogen and oxygen atoms in total. The van der Waals surface area contributed by atoms with Crippen molar-refractivity contribution in [3.63, 3.8) is 0 Å². The summed E-state index contributed by atoms with van der Waals surface area (Å²) in [5.74, 6) is -1.53. The average Bonchev–Trinajstić information content (AvgIpc) is 2.63. The summed E-state index contributed by atoms with van der Waals surface area (Å²) >= 11 is 0. The molecule has 1 saturated heterocycles. The molecule has 1 heterocycles. The molecule has 0 unspecified atom stereocenters. The molecule has 0 radical (unpaired) electrons. The van der Waals surface area contributed by atoms with Crippen molar-refractivity contribution in [3.05, 3.63) is 12.2 Å². The molecule has 0 aliphatic carbocycles. The number of ether oxygens (including phenoxy) is 1. The minimum atomic E-state index is -1.13. The van der Waals surface area contributed by atoms with Crippen LogP contribution in [0.3, 0.4) is 0 Å². The van der Waals surface area contributed by atoms with Crippen LogP contribution in [0, 0.1) is 0 Å². The largest absolute Gasteiger partial charge is 0.478 e. The Hall–Kier alpha value is -1.36. The number of rotatable bonds is 4. The third-order valence-electron chi connectivity index (χ3n) is 1.91. The van der Waals surface area contributed by atoms with E-state index in [2.05, 4.69) is 5.32 Å². The van der Waals surface area contributed by atoms with Gasteiger partial charge in [0.1, 0.15) is 0 Å². The second-order valence-corrected chi connectivity index (χ2v) is 3.05. The Labute approximate surface area is 81.7 Å². The van der Waals surface area contributed by atoms with Crippen LogP contribution in [0.2, 0.25) is 0 Å². The Morgan fingerprint density at radius 3 is 2.86 bits per heavy atom. The summed E-state index contributed by atoms with van der Waals surface area (Å²) in [6.07, 6.45) is 3.86.